The maximum atomic E-state index is 12.8. The molecular weight excluding hydrogens is 352 g/mol. The summed E-state index contributed by atoms with van der Waals surface area (Å²) in [4.78, 5) is 27.9. The standard InChI is InChI=1S/C21H24N6O/c1-22-19-14-17(5-9-24-19)21(28)26-11-6-16(7-12-26)20-25-10-13-27(20)15-18-4-2-3-8-23-18/h2-5,8-10,13-14,16H,6-7,11-12,15H2,1H3,(H,22,24). The molecule has 7 heteroatoms. The Bertz CT molecular complexity index is 931. The molecule has 0 aromatic carbocycles. The summed E-state index contributed by atoms with van der Waals surface area (Å²) < 4.78 is 2.17. The Hall–Kier alpha value is -3.22. The number of imidazole rings is 1. The zero-order valence-electron chi connectivity index (χ0n) is 16.0. The number of hydrogen-bond acceptors (Lipinski definition) is 5. The molecule has 0 unspecified atom stereocenters. The molecule has 0 atom stereocenters. The smallest absolute Gasteiger partial charge is 0.254 e. The van der Waals surface area contributed by atoms with Gasteiger partial charge in [-0.15, -0.1) is 0 Å². The van der Waals surface area contributed by atoms with E-state index in [0.717, 1.165) is 44.0 Å². The Balaban J connectivity index is 1.41. The molecule has 1 aliphatic heterocycles. The third-order valence-electron chi connectivity index (χ3n) is 5.22. The van der Waals surface area contributed by atoms with Gasteiger partial charge in [-0.25, -0.2) is 9.97 Å². The number of pyridine rings is 2. The van der Waals surface area contributed by atoms with E-state index >= 15 is 0 Å². The van der Waals surface area contributed by atoms with E-state index in [1.165, 1.54) is 0 Å². The van der Waals surface area contributed by atoms with E-state index in [1.807, 2.05) is 41.7 Å². The Kier molecular flexibility index (Phi) is 5.32. The quantitative estimate of drug-likeness (QED) is 0.741. The number of rotatable bonds is 5. The van der Waals surface area contributed by atoms with E-state index < -0.39 is 0 Å². The maximum absolute atomic E-state index is 12.8. The molecule has 1 aliphatic rings. The van der Waals surface area contributed by atoms with Crippen molar-refractivity contribution in [2.24, 2.45) is 0 Å². The number of hydrogen-bond donors (Lipinski definition) is 1. The zero-order valence-corrected chi connectivity index (χ0v) is 16.0. The molecule has 1 saturated heterocycles. The molecule has 0 spiro atoms. The minimum Gasteiger partial charge on any atom is -0.373 e. The molecule has 4 rings (SSSR count). The molecule has 0 radical (unpaired) electrons. The van der Waals surface area contributed by atoms with Gasteiger partial charge in [0.15, 0.2) is 0 Å². The van der Waals surface area contributed by atoms with Crippen LogP contribution in [0.15, 0.2) is 55.1 Å². The first-order valence-corrected chi connectivity index (χ1v) is 9.58. The third kappa shape index (κ3) is 3.88. The first-order valence-electron chi connectivity index (χ1n) is 9.58. The number of aromatic nitrogens is 4. The molecule has 0 bridgehead atoms. The molecule has 3 aromatic heterocycles. The average Bonchev–Trinajstić information content (AvgIpc) is 3.22. The normalized spacial score (nSPS) is 14.8. The summed E-state index contributed by atoms with van der Waals surface area (Å²) >= 11 is 0. The third-order valence-corrected chi connectivity index (χ3v) is 5.22. The highest BCUT2D eigenvalue weighted by Gasteiger charge is 2.27. The first kappa shape index (κ1) is 18.2. The molecule has 4 heterocycles. The summed E-state index contributed by atoms with van der Waals surface area (Å²) in [6, 6.07) is 9.52. The van der Waals surface area contributed by atoms with Crippen LogP contribution in [0.4, 0.5) is 5.82 Å². The van der Waals surface area contributed by atoms with Gasteiger partial charge in [-0.2, -0.15) is 0 Å². The highest BCUT2D eigenvalue weighted by atomic mass is 16.2. The SMILES string of the molecule is CNc1cc(C(=O)N2CCC(c3nccn3Cc3ccccn3)CC2)ccn1. The van der Waals surface area contributed by atoms with Gasteiger partial charge in [0.25, 0.3) is 5.91 Å². The minimum absolute atomic E-state index is 0.0641. The molecule has 3 aromatic rings. The largest absolute Gasteiger partial charge is 0.373 e. The first-order chi connectivity index (χ1) is 13.7. The van der Waals surface area contributed by atoms with Gasteiger partial charge in [0, 0.05) is 56.4 Å². The molecule has 7 nitrogen and oxygen atoms in total. The number of amides is 1. The zero-order chi connectivity index (χ0) is 19.3. The van der Waals surface area contributed by atoms with Crippen LogP contribution < -0.4 is 5.32 Å². The van der Waals surface area contributed by atoms with E-state index in [4.69, 9.17) is 0 Å². The fourth-order valence-electron chi connectivity index (χ4n) is 3.70. The fraction of sp³-hybridized carbons (Fsp3) is 0.333. The lowest BCUT2D eigenvalue weighted by molar-refractivity contribution is 0.0710. The lowest BCUT2D eigenvalue weighted by atomic mass is 9.95. The molecule has 0 aliphatic carbocycles. The second-order valence-corrected chi connectivity index (χ2v) is 6.98. The topological polar surface area (TPSA) is 75.9 Å². The van der Waals surface area contributed by atoms with E-state index in [2.05, 4.69) is 24.8 Å². The summed E-state index contributed by atoms with van der Waals surface area (Å²) in [5.74, 6) is 2.21. The lowest BCUT2D eigenvalue weighted by Gasteiger charge is -2.32. The van der Waals surface area contributed by atoms with E-state index in [1.54, 1.807) is 25.4 Å². The summed E-state index contributed by atoms with van der Waals surface area (Å²) in [5, 5.41) is 2.98. The molecule has 0 saturated carbocycles. The van der Waals surface area contributed by atoms with Crippen LogP contribution in [0.25, 0.3) is 0 Å². The van der Waals surface area contributed by atoms with Gasteiger partial charge < -0.3 is 14.8 Å². The van der Waals surface area contributed by atoms with Crippen LogP contribution >= 0.6 is 0 Å². The van der Waals surface area contributed by atoms with E-state index in [9.17, 15) is 4.79 Å². The van der Waals surface area contributed by atoms with Gasteiger partial charge in [-0.1, -0.05) is 6.07 Å². The Morgan fingerprint density at radius 2 is 1.96 bits per heavy atom. The number of piperidine rings is 1. The lowest BCUT2D eigenvalue weighted by Crippen LogP contribution is -2.38. The van der Waals surface area contributed by atoms with Crippen molar-refractivity contribution in [3.63, 3.8) is 0 Å². The second kappa shape index (κ2) is 8.21. The van der Waals surface area contributed by atoms with Gasteiger partial charge in [-0.3, -0.25) is 9.78 Å². The highest BCUT2D eigenvalue weighted by Crippen LogP contribution is 2.28. The number of carbonyl (C=O) groups is 1. The van der Waals surface area contributed by atoms with Crippen LogP contribution in [0.2, 0.25) is 0 Å². The summed E-state index contributed by atoms with van der Waals surface area (Å²) in [6.45, 7) is 2.19. The molecular formula is C21H24N6O. The predicted molar refractivity (Wildman–Crippen MR) is 107 cm³/mol. The van der Waals surface area contributed by atoms with Crippen molar-refractivity contribution < 1.29 is 4.79 Å². The van der Waals surface area contributed by atoms with Crippen LogP contribution in [0.1, 0.15) is 40.6 Å². The van der Waals surface area contributed by atoms with Gasteiger partial charge in [0.05, 0.1) is 12.2 Å². The summed E-state index contributed by atoms with van der Waals surface area (Å²) in [6.07, 6.45) is 9.17. The van der Waals surface area contributed by atoms with Crippen molar-refractivity contribution in [3.05, 3.63) is 72.2 Å². The molecule has 1 N–H and O–H groups in total. The Morgan fingerprint density at radius 1 is 1.11 bits per heavy atom. The number of carbonyl (C=O) groups excluding carboxylic acids is 1. The average molecular weight is 376 g/mol. The highest BCUT2D eigenvalue weighted by molar-refractivity contribution is 5.94. The molecule has 1 amide bonds. The van der Waals surface area contributed by atoms with Crippen LogP contribution in [-0.4, -0.2) is 50.5 Å². The predicted octanol–water partition coefficient (Wildman–Crippen LogP) is 2.78. The van der Waals surface area contributed by atoms with Crippen molar-refractivity contribution in [1.29, 1.82) is 0 Å². The Labute approximate surface area is 164 Å². The van der Waals surface area contributed by atoms with E-state index in [0.29, 0.717) is 17.3 Å². The number of likely N-dealkylation sites (tertiary alicyclic amines) is 1. The number of nitrogens with zero attached hydrogens (tertiary/aromatic N) is 5. The molecule has 144 valence electrons. The number of nitrogens with one attached hydrogen (secondary N) is 1. The van der Waals surface area contributed by atoms with Gasteiger partial charge >= 0.3 is 0 Å². The summed E-state index contributed by atoms with van der Waals surface area (Å²) in [5.41, 5.74) is 1.70. The summed E-state index contributed by atoms with van der Waals surface area (Å²) in [7, 11) is 1.80. The van der Waals surface area contributed by atoms with Crippen molar-refractivity contribution in [1.82, 2.24) is 24.4 Å². The van der Waals surface area contributed by atoms with Crippen LogP contribution in [0.5, 0.6) is 0 Å². The monoisotopic (exact) mass is 376 g/mol. The van der Waals surface area contributed by atoms with Gasteiger partial charge in [0.2, 0.25) is 0 Å². The van der Waals surface area contributed by atoms with Crippen molar-refractivity contribution in [3.8, 4) is 0 Å². The fourth-order valence-corrected chi connectivity index (χ4v) is 3.70. The van der Waals surface area contributed by atoms with Crippen molar-refractivity contribution >= 4 is 11.7 Å². The van der Waals surface area contributed by atoms with Gasteiger partial charge in [-0.05, 0) is 37.1 Å². The van der Waals surface area contributed by atoms with Crippen molar-refractivity contribution in [2.45, 2.75) is 25.3 Å². The van der Waals surface area contributed by atoms with Crippen LogP contribution in [-0.2, 0) is 6.54 Å². The molecule has 28 heavy (non-hydrogen) atoms. The maximum Gasteiger partial charge on any atom is 0.254 e. The minimum atomic E-state index is 0.0641. The van der Waals surface area contributed by atoms with Crippen LogP contribution in [0.3, 0.4) is 0 Å². The Morgan fingerprint density at radius 3 is 2.71 bits per heavy atom. The van der Waals surface area contributed by atoms with Crippen molar-refractivity contribution in [2.75, 3.05) is 25.5 Å². The van der Waals surface area contributed by atoms with Gasteiger partial charge in [0.1, 0.15) is 11.6 Å². The molecule has 1 fully saturated rings. The van der Waals surface area contributed by atoms with Crippen LogP contribution in [0, 0.1) is 0 Å². The number of anilines is 1. The van der Waals surface area contributed by atoms with E-state index in [-0.39, 0.29) is 5.91 Å². The second-order valence-electron chi connectivity index (χ2n) is 6.98.